The molecule has 0 saturated carbocycles. The van der Waals surface area contributed by atoms with Crippen molar-refractivity contribution in [3.05, 3.63) is 251 Å². The van der Waals surface area contributed by atoms with Crippen molar-refractivity contribution in [3.8, 4) is 56.2 Å². The minimum atomic E-state index is -0.649. The topological polar surface area (TPSA) is 25.8 Å². The number of nitrogens with zero attached hydrogens (tertiary/aromatic N) is 2. The molecule has 8 aromatic carbocycles. The normalized spacial score (nSPS) is 17.8. The van der Waals surface area contributed by atoms with Gasteiger partial charge < -0.3 is 0 Å². The molecule has 260 valence electrons. The molecule has 0 N–H and O–H groups in total. The molecule has 0 bridgehead atoms. The summed E-state index contributed by atoms with van der Waals surface area (Å²) >= 11 is 0. The summed E-state index contributed by atoms with van der Waals surface area (Å²) in [5.41, 5.74) is 19.4. The SMILES string of the molecule is c1ccc(-c2cc(-c3ccccc3)nc(-c3cccc4c3[C@]3(c5ccccc5-4)c4ccccc4C4(c5ccccc5)c5ccccc5-c5cccc3c54)n2)cc1. The van der Waals surface area contributed by atoms with E-state index in [9.17, 15) is 0 Å². The molecule has 9 aromatic rings. The monoisotopic (exact) mass is 710 g/mol. The molecule has 1 heterocycles. The molecule has 3 aliphatic rings. The van der Waals surface area contributed by atoms with E-state index in [0.717, 1.165) is 33.9 Å². The average Bonchev–Trinajstić information content (AvgIpc) is 3.76. The fourth-order valence-corrected chi connectivity index (χ4v) is 10.6. The molecule has 0 aliphatic heterocycles. The minimum absolute atomic E-state index is 0.498. The Morgan fingerprint density at radius 2 is 0.696 bits per heavy atom. The third-order valence-electron chi connectivity index (χ3n) is 12.6. The second-order valence-corrected chi connectivity index (χ2v) is 15.2. The standard InChI is InChI=1S/C54H34N2/c1-4-18-35(19-5-1)48-34-49(36-20-6-2-7-21-36)56-52(55-48)42-28-16-26-40-38-24-11-13-30-44(38)54(50(40)42)46-32-15-14-31-45(46)53(37-22-8-3-9-23-37)43-29-12-10-25-39(43)41-27-17-33-47(54)51(41)53/h1-34H/t53?,54-/m1/s1. The van der Waals surface area contributed by atoms with E-state index in [1.165, 1.54) is 66.8 Å². The van der Waals surface area contributed by atoms with Crippen molar-refractivity contribution < 1.29 is 0 Å². The summed E-state index contributed by atoms with van der Waals surface area (Å²) in [7, 11) is 0. The average molecular weight is 711 g/mol. The zero-order valence-corrected chi connectivity index (χ0v) is 30.5. The first-order valence-electron chi connectivity index (χ1n) is 19.4. The fraction of sp³-hybridized carbons (Fsp3) is 0.0370. The summed E-state index contributed by atoms with van der Waals surface area (Å²) in [6, 6.07) is 75.5. The van der Waals surface area contributed by atoms with E-state index in [2.05, 4.69) is 206 Å². The number of benzene rings is 8. The minimum Gasteiger partial charge on any atom is -0.228 e. The Morgan fingerprint density at radius 3 is 1.30 bits per heavy atom. The van der Waals surface area contributed by atoms with Crippen LogP contribution >= 0.6 is 0 Å². The van der Waals surface area contributed by atoms with Crippen molar-refractivity contribution in [2.24, 2.45) is 0 Å². The van der Waals surface area contributed by atoms with Gasteiger partial charge in [-0.1, -0.05) is 200 Å². The summed E-state index contributed by atoms with van der Waals surface area (Å²) in [6.45, 7) is 0. The van der Waals surface area contributed by atoms with E-state index in [0.29, 0.717) is 0 Å². The molecular weight excluding hydrogens is 677 g/mol. The molecule has 0 fully saturated rings. The highest BCUT2D eigenvalue weighted by Crippen LogP contribution is 2.69. The first-order valence-corrected chi connectivity index (χ1v) is 19.4. The summed E-state index contributed by atoms with van der Waals surface area (Å²) in [5, 5.41) is 0. The zero-order valence-electron chi connectivity index (χ0n) is 30.5. The van der Waals surface area contributed by atoms with Crippen molar-refractivity contribution in [1.29, 1.82) is 0 Å². The van der Waals surface area contributed by atoms with Crippen LogP contribution in [-0.2, 0) is 10.8 Å². The summed E-state index contributed by atoms with van der Waals surface area (Å²) in [6.07, 6.45) is 0. The van der Waals surface area contributed by atoms with Gasteiger partial charge in [0.2, 0.25) is 0 Å². The van der Waals surface area contributed by atoms with Crippen LogP contribution in [0.15, 0.2) is 206 Å². The van der Waals surface area contributed by atoms with Gasteiger partial charge in [0, 0.05) is 16.7 Å². The first-order chi connectivity index (χ1) is 27.8. The van der Waals surface area contributed by atoms with Crippen molar-refractivity contribution in [2.45, 2.75) is 10.8 Å². The lowest BCUT2D eigenvalue weighted by Crippen LogP contribution is -2.43. The first kappa shape index (κ1) is 31.2. The van der Waals surface area contributed by atoms with Gasteiger partial charge in [-0.05, 0) is 72.8 Å². The Hall–Kier alpha value is -7.16. The van der Waals surface area contributed by atoms with Crippen LogP contribution in [0, 0.1) is 0 Å². The van der Waals surface area contributed by atoms with Crippen molar-refractivity contribution in [1.82, 2.24) is 9.97 Å². The number of hydrogen-bond acceptors (Lipinski definition) is 2. The largest absolute Gasteiger partial charge is 0.228 e. The number of fused-ring (bicyclic) bond motifs is 12. The Balaban J connectivity index is 1.24. The van der Waals surface area contributed by atoms with Crippen LogP contribution < -0.4 is 0 Å². The number of rotatable bonds is 4. The maximum Gasteiger partial charge on any atom is 0.160 e. The number of aromatic nitrogens is 2. The van der Waals surface area contributed by atoms with Gasteiger partial charge in [-0.3, -0.25) is 0 Å². The highest BCUT2D eigenvalue weighted by atomic mass is 14.9. The Kier molecular flexibility index (Phi) is 6.50. The van der Waals surface area contributed by atoms with E-state index in [1.54, 1.807) is 0 Å². The van der Waals surface area contributed by atoms with E-state index in [-0.39, 0.29) is 0 Å². The maximum atomic E-state index is 5.46. The molecule has 0 amide bonds. The molecule has 2 heteroatoms. The van der Waals surface area contributed by atoms with Crippen molar-refractivity contribution in [2.75, 3.05) is 0 Å². The smallest absolute Gasteiger partial charge is 0.160 e. The van der Waals surface area contributed by atoms with Gasteiger partial charge in [-0.2, -0.15) is 0 Å². The molecule has 0 saturated heterocycles. The van der Waals surface area contributed by atoms with Gasteiger partial charge in [-0.25, -0.2) is 9.97 Å². The van der Waals surface area contributed by atoms with Crippen LogP contribution in [0.25, 0.3) is 56.2 Å². The van der Waals surface area contributed by atoms with Crippen LogP contribution in [0.5, 0.6) is 0 Å². The lowest BCUT2D eigenvalue weighted by Gasteiger charge is -2.48. The van der Waals surface area contributed by atoms with Gasteiger partial charge in [0.05, 0.1) is 22.2 Å². The molecule has 56 heavy (non-hydrogen) atoms. The molecule has 2 atom stereocenters. The zero-order chi connectivity index (χ0) is 36.8. The molecule has 0 radical (unpaired) electrons. The second-order valence-electron chi connectivity index (χ2n) is 15.2. The Morgan fingerprint density at radius 1 is 0.286 bits per heavy atom. The quantitative estimate of drug-likeness (QED) is 0.182. The fourth-order valence-electron chi connectivity index (χ4n) is 10.6. The highest BCUT2D eigenvalue weighted by Gasteiger charge is 2.60. The maximum absolute atomic E-state index is 5.46. The third kappa shape index (κ3) is 3.95. The second kappa shape index (κ2) is 11.7. The molecule has 3 aliphatic carbocycles. The highest BCUT2D eigenvalue weighted by molar-refractivity contribution is 5.98. The Bertz CT molecular complexity index is 2970. The third-order valence-corrected chi connectivity index (χ3v) is 12.6. The molecule has 12 rings (SSSR count). The van der Waals surface area contributed by atoms with E-state index in [1.807, 2.05) is 0 Å². The van der Waals surface area contributed by atoms with Crippen LogP contribution in [0.4, 0.5) is 0 Å². The molecule has 1 spiro atoms. The van der Waals surface area contributed by atoms with E-state index < -0.39 is 10.8 Å². The van der Waals surface area contributed by atoms with Crippen LogP contribution in [0.3, 0.4) is 0 Å². The summed E-state index contributed by atoms with van der Waals surface area (Å²) in [5.74, 6) is 0.725. The van der Waals surface area contributed by atoms with Crippen LogP contribution in [0.2, 0.25) is 0 Å². The van der Waals surface area contributed by atoms with Gasteiger partial charge in [0.1, 0.15) is 0 Å². The molecule has 2 nitrogen and oxygen atoms in total. The molecule has 1 unspecified atom stereocenters. The molecule has 1 aromatic heterocycles. The van der Waals surface area contributed by atoms with Gasteiger partial charge >= 0.3 is 0 Å². The van der Waals surface area contributed by atoms with Crippen LogP contribution in [-0.4, -0.2) is 9.97 Å². The number of hydrogen-bond donors (Lipinski definition) is 0. The van der Waals surface area contributed by atoms with Crippen molar-refractivity contribution >= 4 is 0 Å². The Labute approximate surface area is 326 Å². The van der Waals surface area contributed by atoms with Crippen molar-refractivity contribution in [3.63, 3.8) is 0 Å². The van der Waals surface area contributed by atoms with E-state index in [4.69, 9.17) is 9.97 Å². The van der Waals surface area contributed by atoms with Gasteiger partial charge in [0.25, 0.3) is 0 Å². The van der Waals surface area contributed by atoms with Gasteiger partial charge in [0.15, 0.2) is 5.82 Å². The van der Waals surface area contributed by atoms with Gasteiger partial charge in [-0.15, -0.1) is 0 Å². The summed E-state index contributed by atoms with van der Waals surface area (Å²) < 4.78 is 0. The summed E-state index contributed by atoms with van der Waals surface area (Å²) in [4.78, 5) is 10.9. The van der Waals surface area contributed by atoms with E-state index >= 15 is 0 Å². The lowest BCUT2D eigenvalue weighted by molar-refractivity contribution is 0.636. The van der Waals surface area contributed by atoms with Crippen LogP contribution in [0.1, 0.15) is 44.5 Å². The molecular formula is C54H34N2. The lowest BCUT2D eigenvalue weighted by atomic mass is 9.52. The predicted octanol–water partition coefficient (Wildman–Crippen LogP) is 12.5. The predicted molar refractivity (Wildman–Crippen MR) is 227 cm³/mol.